The number of hydrogen-bond donors (Lipinski definition) is 0. The molecule has 4 aromatic rings. The first-order valence-corrected chi connectivity index (χ1v) is 11.8. The fourth-order valence-corrected chi connectivity index (χ4v) is 3.81. The molecular weight excluding hydrogens is 470 g/mol. The molecule has 0 atom stereocenters. The van der Waals surface area contributed by atoms with Gasteiger partial charge in [-0.1, -0.05) is 48.5 Å². The van der Waals surface area contributed by atoms with Crippen LogP contribution in [0.3, 0.4) is 0 Å². The van der Waals surface area contributed by atoms with Crippen molar-refractivity contribution in [1.29, 1.82) is 0 Å². The Labute approximate surface area is 214 Å². The van der Waals surface area contributed by atoms with Crippen LogP contribution in [0, 0.1) is 0 Å². The molecule has 0 saturated carbocycles. The number of methoxy groups -OCH3 is 1. The molecule has 0 aliphatic rings. The predicted molar refractivity (Wildman–Crippen MR) is 143 cm³/mol. The van der Waals surface area contributed by atoms with E-state index in [1.807, 2.05) is 49.4 Å². The smallest absolute Gasteiger partial charge is 0.343 e. The molecule has 0 fully saturated rings. The quantitative estimate of drug-likeness (QED) is 0.180. The second kappa shape index (κ2) is 11.8. The number of rotatable bonds is 10. The number of hydrogen-bond acceptors (Lipinski definition) is 7. The van der Waals surface area contributed by atoms with Crippen molar-refractivity contribution >= 4 is 23.1 Å². The van der Waals surface area contributed by atoms with Crippen LogP contribution in [0.25, 0.3) is 22.3 Å². The highest BCUT2D eigenvalue weighted by Crippen LogP contribution is 2.33. The Morgan fingerprint density at radius 1 is 1.08 bits per heavy atom. The van der Waals surface area contributed by atoms with Crippen LogP contribution in [-0.4, -0.2) is 42.2 Å². The van der Waals surface area contributed by atoms with Gasteiger partial charge in [0.25, 0.3) is 5.56 Å². The van der Waals surface area contributed by atoms with Crippen molar-refractivity contribution in [3.63, 3.8) is 0 Å². The summed E-state index contributed by atoms with van der Waals surface area (Å²) in [7, 11) is 1.30. The van der Waals surface area contributed by atoms with E-state index in [1.165, 1.54) is 11.8 Å². The van der Waals surface area contributed by atoms with Gasteiger partial charge in [0.2, 0.25) is 0 Å². The molecule has 37 heavy (non-hydrogen) atoms. The van der Waals surface area contributed by atoms with Crippen molar-refractivity contribution in [2.75, 3.05) is 20.3 Å². The molecule has 0 aliphatic carbocycles. The molecule has 1 aromatic heterocycles. The molecule has 188 valence electrons. The number of nitrogens with zero attached hydrogens (tertiary/aromatic N) is 3. The van der Waals surface area contributed by atoms with E-state index >= 15 is 0 Å². The number of ether oxygens (including phenoxy) is 3. The third-order valence-corrected chi connectivity index (χ3v) is 5.49. The summed E-state index contributed by atoms with van der Waals surface area (Å²) in [5.41, 5.74) is 2.49. The van der Waals surface area contributed by atoms with Crippen molar-refractivity contribution in [2.45, 2.75) is 13.3 Å². The highest BCUT2D eigenvalue weighted by atomic mass is 16.6. The number of aromatic nitrogens is 2. The summed E-state index contributed by atoms with van der Waals surface area (Å²) in [6.45, 7) is 5.80. The molecule has 4 rings (SSSR count). The van der Waals surface area contributed by atoms with E-state index < -0.39 is 5.97 Å². The van der Waals surface area contributed by atoms with Crippen LogP contribution in [0.5, 0.6) is 11.5 Å². The van der Waals surface area contributed by atoms with E-state index in [1.54, 1.807) is 36.6 Å². The first-order chi connectivity index (χ1) is 18.0. The van der Waals surface area contributed by atoms with E-state index in [2.05, 4.69) is 16.4 Å². The van der Waals surface area contributed by atoms with Gasteiger partial charge >= 0.3 is 5.97 Å². The third kappa shape index (κ3) is 5.75. The van der Waals surface area contributed by atoms with Crippen molar-refractivity contribution < 1.29 is 19.0 Å². The Balaban J connectivity index is 1.83. The Morgan fingerprint density at radius 3 is 2.57 bits per heavy atom. The summed E-state index contributed by atoms with van der Waals surface area (Å²) in [4.78, 5) is 29.8. The molecule has 8 heteroatoms. The second-order valence-electron chi connectivity index (χ2n) is 7.98. The highest BCUT2D eigenvalue weighted by Gasteiger charge is 2.16. The van der Waals surface area contributed by atoms with Crippen molar-refractivity contribution in [1.82, 2.24) is 9.66 Å². The lowest BCUT2D eigenvalue weighted by Gasteiger charge is -2.16. The van der Waals surface area contributed by atoms with Gasteiger partial charge in [-0.05, 0) is 43.2 Å². The lowest BCUT2D eigenvalue weighted by Crippen LogP contribution is -2.20. The largest absolute Gasteiger partial charge is 0.490 e. The van der Waals surface area contributed by atoms with Gasteiger partial charge in [-0.3, -0.25) is 4.79 Å². The van der Waals surface area contributed by atoms with Gasteiger partial charge < -0.3 is 14.2 Å². The van der Waals surface area contributed by atoms with Crippen molar-refractivity contribution in [3.05, 3.63) is 101 Å². The minimum atomic E-state index is -0.505. The zero-order valence-corrected chi connectivity index (χ0v) is 20.7. The molecule has 0 unspecified atom stereocenters. The van der Waals surface area contributed by atoms with Crippen molar-refractivity contribution in [2.24, 2.45) is 5.10 Å². The molecule has 0 amide bonds. The third-order valence-electron chi connectivity index (χ3n) is 5.49. The normalized spacial score (nSPS) is 11.0. The Hall–Kier alpha value is -4.72. The summed E-state index contributed by atoms with van der Waals surface area (Å²) in [5, 5.41) is 5.01. The van der Waals surface area contributed by atoms with Gasteiger partial charge in [-0.25, -0.2) is 9.78 Å². The molecular formula is C29H27N3O5. The molecule has 0 saturated heterocycles. The molecule has 0 bridgehead atoms. The first kappa shape index (κ1) is 25.4. The van der Waals surface area contributed by atoms with Gasteiger partial charge in [-0.2, -0.15) is 9.78 Å². The molecule has 0 spiro atoms. The Bertz CT molecular complexity index is 1510. The van der Waals surface area contributed by atoms with Crippen LogP contribution in [0.15, 0.2) is 89.3 Å². The topological polar surface area (TPSA) is 92.0 Å². The predicted octanol–water partition coefficient (Wildman–Crippen LogP) is 4.62. The molecule has 0 aliphatic heterocycles. The van der Waals surface area contributed by atoms with Gasteiger partial charge in [-0.15, -0.1) is 6.58 Å². The van der Waals surface area contributed by atoms with E-state index in [0.29, 0.717) is 46.8 Å². The summed E-state index contributed by atoms with van der Waals surface area (Å²) in [6.07, 6.45) is 3.76. The second-order valence-corrected chi connectivity index (χ2v) is 7.98. The monoisotopic (exact) mass is 497 g/mol. The number of esters is 1. The Morgan fingerprint density at radius 2 is 1.84 bits per heavy atom. The fourth-order valence-electron chi connectivity index (χ4n) is 3.81. The minimum absolute atomic E-state index is 0.257. The van der Waals surface area contributed by atoms with Crippen LogP contribution in [0.4, 0.5) is 0 Å². The van der Waals surface area contributed by atoms with Crippen LogP contribution < -0.4 is 15.0 Å². The van der Waals surface area contributed by atoms with Gasteiger partial charge in [0.1, 0.15) is 0 Å². The summed E-state index contributed by atoms with van der Waals surface area (Å²) >= 11 is 0. The number of carbonyl (C=O) groups is 1. The maximum absolute atomic E-state index is 13.4. The van der Waals surface area contributed by atoms with Crippen LogP contribution in [0.2, 0.25) is 0 Å². The lowest BCUT2D eigenvalue weighted by molar-refractivity contribution is -0.142. The SMILES string of the molecule is C=CCc1cc(C=Nn2c(-c3ccccc3)nc3ccccc3c2=O)cc(OCC)c1OCC(=O)OC. The Kier molecular flexibility index (Phi) is 8.10. The number of fused-ring (bicyclic) bond motifs is 1. The minimum Gasteiger partial charge on any atom is -0.490 e. The summed E-state index contributed by atoms with van der Waals surface area (Å²) in [5.74, 6) is 0.794. The maximum atomic E-state index is 13.4. The molecule has 3 aromatic carbocycles. The molecule has 1 heterocycles. The molecule has 0 radical (unpaired) electrons. The molecule has 8 nitrogen and oxygen atoms in total. The number of benzene rings is 3. The molecule has 0 N–H and O–H groups in total. The van der Waals surface area contributed by atoms with Crippen LogP contribution >= 0.6 is 0 Å². The van der Waals surface area contributed by atoms with Crippen LogP contribution in [0.1, 0.15) is 18.1 Å². The maximum Gasteiger partial charge on any atom is 0.343 e. The summed E-state index contributed by atoms with van der Waals surface area (Å²) < 4.78 is 17.5. The number of para-hydroxylation sites is 1. The highest BCUT2D eigenvalue weighted by molar-refractivity contribution is 5.83. The van der Waals surface area contributed by atoms with Gasteiger partial charge in [0, 0.05) is 11.1 Å². The average molecular weight is 498 g/mol. The summed E-state index contributed by atoms with van der Waals surface area (Å²) in [6, 6.07) is 20.2. The number of allylic oxidation sites excluding steroid dienone is 1. The fraction of sp³-hybridized carbons (Fsp3) is 0.172. The van der Waals surface area contributed by atoms with E-state index in [-0.39, 0.29) is 12.2 Å². The van der Waals surface area contributed by atoms with E-state index in [4.69, 9.17) is 14.5 Å². The van der Waals surface area contributed by atoms with Gasteiger partial charge in [0.15, 0.2) is 23.9 Å². The number of carbonyl (C=O) groups excluding carboxylic acids is 1. The standard InChI is InChI=1S/C29H27N3O5/c1-4-11-22-16-20(17-25(36-5-2)27(22)37-19-26(33)35-3)18-30-32-28(21-12-7-6-8-13-21)31-24-15-10-9-14-23(24)29(32)34/h4,6-10,12-18H,1,5,11,19H2,2-3H3. The van der Waals surface area contributed by atoms with E-state index in [9.17, 15) is 9.59 Å². The van der Waals surface area contributed by atoms with Crippen LogP contribution in [-0.2, 0) is 16.0 Å². The van der Waals surface area contributed by atoms with E-state index in [0.717, 1.165) is 11.1 Å². The zero-order chi connectivity index (χ0) is 26.2. The van der Waals surface area contributed by atoms with Gasteiger partial charge in [0.05, 0.1) is 30.8 Å². The lowest BCUT2D eigenvalue weighted by atomic mass is 10.1. The zero-order valence-electron chi connectivity index (χ0n) is 20.7. The average Bonchev–Trinajstić information content (AvgIpc) is 2.92. The first-order valence-electron chi connectivity index (χ1n) is 11.8. The van der Waals surface area contributed by atoms with Crippen molar-refractivity contribution in [3.8, 4) is 22.9 Å².